The number of benzene rings is 2. The molecule has 1 atom stereocenters. The molecule has 0 unspecified atom stereocenters. The van der Waals surface area contributed by atoms with Crippen molar-refractivity contribution in [2.75, 3.05) is 5.75 Å². The van der Waals surface area contributed by atoms with Gasteiger partial charge in [0.25, 0.3) is 0 Å². The van der Waals surface area contributed by atoms with E-state index >= 15 is 0 Å². The van der Waals surface area contributed by atoms with Crippen LogP contribution in [-0.2, 0) is 19.4 Å². The first-order valence-electron chi connectivity index (χ1n) is 7.72. The molecule has 26 heavy (non-hydrogen) atoms. The van der Waals surface area contributed by atoms with E-state index in [-0.39, 0.29) is 4.90 Å². The Balaban J connectivity index is 2.10. The van der Waals surface area contributed by atoms with Crippen LogP contribution in [-0.4, -0.2) is 25.7 Å². The van der Waals surface area contributed by atoms with Crippen LogP contribution in [0.4, 0.5) is 0 Å². The number of nitriles is 1. The number of aryl methyl sites for hydroxylation is 1. The van der Waals surface area contributed by atoms with Crippen molar-refractivity contribution >= 4 is 33.0 Å². The van der Waals surface area contributed by atoms with Gasteiger partial charge in [0.05, 0.1) is 17.4 Å². The molecule has 0 saturated carbocycles. The average Bonchev–Trinajstić information content (AvgIpc) is 2.55. The summed E-state index contributed by atoms with van der Waals surface area (Å²) in [6.07, 6.45) is -0.629. The number of sulfone groups is 1. The number of hydrogen-bond acceptors (Lipinski definition) is 5. The zero-order valence-corrected chi connectivity index (χ0v) is 15.5. The zero-order valence-electron chi connectivity index (χ0n) is 14.0. The van der Waals surface area contributed by atoms with Crippen LogP contribution in [0.2, 0.25) is 5.02 Å². The minimum Gasteiger partial charge on any atom is -0.298 e. The van der Waals surface area contributed by atoms with Crippen molar-refractivity contribution in [3.8, 4) is 6.07 Å². The Bertz CT molecular complexity index is 975. The highest BCUT2D eigenvalue weighted by Gasteiger charge is 2.26. The third kappa shape index (κ3) is 5.01. The van der Waals surface area contributed by atoms with Gasteiger partial charge in [0, 0.05) is 5.02 Å². The van der Waals surface area contributed by atoms with E-state index in [1.165, 1.54) is 18.2 Å². The highest BCUT2D eigenvalue weighted by molar-refractivity contribution is 7.92. The maximum absolute atomic E-state index is 12.3. The Morgan fingerprint density at radius 1 is 1.15 bits per heavy atom. The summed E-state index contributed by atoms with van der Waals surface area (Å²) in [5.74, 6) is -3.35. The van der Waals surface area contributed by atoms with Gasteiger partial charge >= 0.3 is 0 Å². The average molecular weight is 390 g/mol. The maximum atomic E-state index is 12.3. The molecule has 0 heterocycles. The van der Waals surface area contributed by atoms with Gasteiger partial charge in [-0.3, -0.25) is 9.59 Å². The first-order chi connectivity index (χ1) is 12.2. The quantitative estimate of drug-likeness (QED) is 0.677. The SMILES string of the molecule is Cc1ccc(S(=O)(=O)CC(=O)CC(=O)[C@@H](C#N)c2cccc(Cl)c2)cc1. The van der Waals surface area contributed by atoms with E-state index in [4.69, 9.17) is 11.6 Å². The van der Waals surface area contributed by atoms with Crippen LogP contribution < -0.4 is 0 Å². The summed E-state index contributed by atoms with van der Waals surface area (Å²) in [6, 6.07) is 14.2. The predicted molar refractivity (Wildman–Crippen MR) is 97.7 cm³/mol. The molecule has 0 bridgehead atoms. The van der Waals surface area contributed by atoms with Gasteiger partial charge in [0.2, 0.25) is 0 Å². The molecular formula is C19H16ClNO4S. The fourth-order valence-electron chi connectivity index (χ4n) is 2.41. The van der Waals surface area contributed by atoms with Crippen molar-refractivity contribution in [2.24, 2.45) is 0 Å². The monoisotopic (exact) mass is 389 g/mol. The Hall–Kier alpha value is -2.49. The van der Waals surface area contributed by atoms with Gasteiger partial charge in [-0.2, -0.15) is 5.26 Å². The highest BCUT2D eigenvalue weighted by atomic mass is 35.5. The molecule has 0 saturated heterocycles. The molecule has 2 aromatic rings. The number of nitrogens with zero attached hydrogens (tertiary/aromatic N) is 1. The zero-order chi connectivity index (χ0) is 19.3. The molecule has 0 aromatic heterocycles. The van der Waals surface area contributed by atoms with Crippen molar-refractivity contribution in [3.63, 3.8) is 0 Å². The Morgan fingerprint density at radius 2 is 1.81 bits per heavy atom. The topological polar surface area (TPSA) is 92.1 Å². The molecular weight excluding hydrogens is 374 g/mol. The molecule has 0 amide bonds. The van der Waals surface area contributed by atoms with Crippen molar-refractivity contribution in [3.05, 3.63) is 64.7 Å². The Kier molecular flexibility index (Phi) is 6.30. The van der Waals surface area contributed by atoms with Gasteiger partial charge in [-0.1, -0.05) is 41.4 Å². The first-order valence-corrected chi connectivity index (χ1v) is 9.75. The lowest BCUT2D eigenvalue weighted by molar-refractivity contribution is -0.125. The van der Waals surface area contributed by atoms with Gasteiger partial charge in [0.1, 0.15) is 11.7 Å². The first kappa shape index (κ1) is 19.8. The second-order valence-electron chi connectivity index (χ2n) is 5.87. The third-order valence-electron chi connectivity index (χ3n) is 3.74. The second kappa shape index (κ2) is 8.26. The maximum Gasteiger partial charge on any atom is 0.185 e. The lowest BCUT2D eigenvalue weighted by Gasteiger charge is -2.09. The van der Waals surface area contributed by atoms with Gasteiger partial charge in [-0.05, 0) is 36.8 Å². The van der Waals surface area contributed by atoms with E-state index in [2.05, 4.69) is 0 Å². The number of carbonyl (C=O) groups is 2. The number of halogens is 1. The minimum absolute atomic E-state index is 0.0237. The molecule has 0 spiro atoms. The lowest BCUT2D eigenvalue weighted by Crippen LogP contribution is -2.22. The summed E-state index contributed by atoms with van der Waals surface area (Å²) in [4.78, 5) is 24.4. The van der Waals surface area contributed by atoms with E-state index < -0.39 is 39.5 Å². The number of ketones is 2. The number of hydrogen-bond donors (Lipinski definition) is 0. The molecule has 7 heteroatoms. The Labute approximate surface area is 157 Å². The summed E-state index contributed by atoms with van der Waals surface area (Å²) in [6.45, 7) is 1.82. The smallest absolute Gasteiger partial charge is 0.185 e. The minimum atomic E-state index is -3.83. The Morgan fingerprint density at radius 3 is 2.38 bits per heavy atom. The molecule has 5 nitrogen and oxygen atoms in total. The number of carbonyl (C=O) groups excluding carboxylic acids is 2. The number of Topliss-reactive ketones (excluding diaryl/α,β-unsaturated/α-hetero) is 2. The van der Waals surface area contributed by atoms with E-state index in [0.29, 0.717) is 10.6 Å². The normalized spacial score (nSPS) is 12.2. The molecule has 0 fully saturated rings. The van der Waals surface area contributed by atoms with E-state index in [9.17, 15) is 23.3 Å². The van der Waals surface area contributed by atoms with Crippen molar-refractivity contribution in [1.82, 2.24) is 0 Å². The second-order valence-corrected chi connectivity index (χ2v) is 8.30. The molecule has 134 valence electrons. The summed E-state index contributed by atoms with van der Waals surface area (Å²) in [5.41, 5.74) is 1.27. The summed E-state index contributed by atoms with van der Waals surface area (Å²) in [5, 5.41) is 9.61. The number of rotatable bonds is 7. The van der Waals surface area contributed by atoms with Crippen LogP contribution in [0.1, 0.15) is 23.5 Å². The third-order valence-corrected chi connectivity index (χ3v) is 5.66. The van der Waals surface area contributed by atoms with Gasteiger partial charge < -0.3 is 0 Å². The molecule has 0 aliphatic carbocycles. The van der Waals surface area contributed by atoms with E-state index in [0.717, 1.165) is 5.56 Å². The van der Waals surface area contributed by atoms with E-state index in [1.807, 2.05) is 13.0 Å². The van der Waals surface area contributed by atoms with Crippen LogP contribution in [0, 0.1) is 18.3 Å². The molecule has 0 aliphatic rings. The predicted octanol–water partition coefficient (Wildman–Crippen LogP) is 3.26. The summed E-state index contributed by atoms with van der Waals surface area (Å²) >= 11 is 5.86. The fourth-order valence-corrected chi connectivity index (χ4v) is 3.85. The van der Waals surface area contributed by atoms with Gasteiger partial charge in [-0.15, -0.1) is 0 Å². The lowest BCUT2D eigenvalue weighted by atomic mass is 9.93. The van der Waals surface area contributed by atoms with Crippen molar-refractivity contribution in [1.29, 1.82) is 5.26 Å². The van der Waals surface area contributed by atoms with Crippen LogP contribution in [0.25, 0.3) is 0 Å². The van der Waals surface area contributed by atoms with Crippen molar-refractivity contribution in [2.45, 2.75) is 24.2 Å². The summed E-state index contributed by atoms with van der Waals surface area (Å²) < 4.78 is 24.5. The van der Waals surface area contributed by atoms with Crippen LogP contribution in [0.5, 0.6) is 0 Å². The van der Waals surface area contributed by atoms with Gasteiger partial charge in [-0.25, -0.2) is 8.42 Å². The van der Waals surface area contributed by atoms with Crippen LogP contribution in [0.3, 0.4) is 0 Å². The van der Waals surface area contributed by atoms with Crippen LogP contribution in [0.15, 0.2) is 53.4 Å². The van der Waals surface area contributed by atoms with E-state index in [1.54, 1.807) is 30.3 Å². The standard InChI is InChI=1S/C19H16ClNO4S/c1-13-5-7-17(8-6-13)26(24,25)12-16(22)10-19(23)18(11-21)14-3-2-4-15(20)9-14/h2-9,18H,10,12H2,1H3/t18-/m0/s1. The molecule has 2 aromatic carbocycles. The van der Waals surface area contributed by atoms with Crippen LogP contribution >= 0.6 is 11.6 Å². The van der Waals surface area contributed by atoms with Gasteiger partial charge in [0.15, 0.2) is 21.4 Å². The summed E-state index contributed by atoms with van der Waals surface area (Å²) in [7, 11) is -3.83. The molecule has 2 rings (SSSR count). The molecule has 0 radical (unpaired) electrons. The molecule has 0 aliphatic heterocycles. The fraction of sp³-hybridized carbons (Fsp3) is 0.211. The largest absolute Gasteiger partial charge is 0.298 e. The van der Waals surface area contributed by atoms with Crippen molar-refractivity contribution < 1.29 is 18.0 Å². The molecule has 0 N–H and O–H groups in total. The highest BCUT2D eigenvalue weighted by Crippen LogP contribution is 2.22.